The van der Waals surface area contributed by atoms with Gasteiger partial charge in [-0.3, -0.25) is 9.59 Å². The zero-order chi connectivity index (χ0) is 13.5. The molecule has 2 atom stereocenters. The van der Waals surface area contributed by atoms with Crippen LogP contribution in [-0.2, 0) is 23.8 Å². The van der Waals surface area contributed by atoms with Gasteiger partial charge in [-0.1, -0.05) is 6.92 Å². The zero-order valence-electron chi connectivity index (χ0n) is 11.3. The molecular formula is C13H22O5. The van der Waals surface area contributed by atoms with Crippen LogP contribution in [0.1, 0.15) is 33.6 Å². The van der Waals surface area contributed by atoms with Gasteiger partial charge in [0.1, 0.15) is 0 Å². The molecule has 0 aromatic rings. The van der Waals surface area contributed by atoms with Crippen LogP contribution in [0.2, 0.25) is 0 Å². The van der Waals surface area contributed by atoms with Crippen molar-refractivity contribution in [3.63, 3.8) is 0 Å². The molecule has 1 heterocycles. The van der Waals surface area contributed by atoms with E-state index < -0.39 is 17.9 Å². The van der Waals surface area contributed by atoms with E-state index in [1.165, 1.54) is 0 Å². The lowest BCUT2D eigenvalue weighted by atomic mass is 9.88. The lowest BCUT2D eigenvalue weighted by Gasteiger charge is -2.25. The average molecular weight is 258 g/mol. The SMILES string of the molecule is CCOC(=O)C(C(=O)OCC)[C@@H](C)[C@H]1CCCO1. The van der Waals surface area contributed by atoms with E-state index in [2.05, 4.69) is 0 Å². The van der Waals surface area contributed by atoms with E-state index in [-0.39, 0.29) is 25.2 Å². The van der Waals surface area contributed by atoms with Gasteiger partial charge in [0.2, 0.25) is 0 Å². The van der Waals surface area contributed by atoms with Crippen LogP contribution in [0, 0.1) is 11.8 Å². The first-order chi connectivity index (χ1) is 8.61. The number of ether oxygens (including phenoxy) is 3. The molecule has 5 heteroatoms. The lowest BCUT2D eigenvalue weighted by molar-refractivity contribution is -0.166. The second-order valence-electron chi connectivity index (χ2n) is 4.39. The maximum absolute atomic E-state index is 11.9. The second kappa shape index (κ2) is 7.36. The molecule has 1 fully saturated rings. The van der Waals surface area contributed by atoms with Gasteiger partial charge in [0.15, 0.2) is 5.92 Å². The van der Waals surface area contributed by atoms with Crippen molar-refractivity contribution in [2.75, 3.05) is 19.8 Å². The van der Waals surface area contributed by atoms with Crippen molar-refractivity contribution in [1.29, 1.82) is 0 Å². The molecule has 18 heavy (non-hydrogen) atoms. The molecule has 0 aromatic heterocycles. The minimum absolute atomic E-state index is 0.0659. The number of rotatable bonds is 6. The Morgan fingerprint density at radius 2 is 1.78 bits per heavy atom. The van der Waals surface area contributed by atoms with Gasteiger partial charge in [0, 0.05) is 12.5 Å². The first-order valence-corrected chi connectivity index (χ1v) is 6.56. The molecule has 0 amide bonds. The van der Waals surface area contributed by atoms with Crippen LogP contribution in [-0.4, -0.2) is 37.9 Å². The van der Waals surface area contributed by atoms with Gasteiger partial charge in [-0.05, 0) is 26.7 Å². The van der Waals surface area contributed by atoms with Gasteiger partial charge < -0.3 is 14.2 Å². The standard InChI is InChI=1S/C13H22O5/c1-4-16-12(14)11(13(15)17-5-2)9(3)10-7-6-8-18-10/h9-11H,4-8H2,1-3H3/t9-,10+/m0/s1. The van der Waals surface area contributed by atoms with Gasteiger partial charge >= 0.3 is 11.9 Å². The van der Waals surface area contributed by atoms with E-state index in [0.29, 0.717) is 6.61 Å². The lowest BCUT2D eigenvalue weighted by Crippen LogP contribution is -2.38. The summed E-state index contributed by atoms with van der Waals surface area (Å²) < 4.78 is 15.5. The van der Waals surface area contributed by atoms with Crippen molar-refractivity contribution in [3.8, 4) is 0 Å². The van der Waals surface area contributed by atoms with Gasteiger partial charge in [0.05, 0.1) is 19.3 Å². The third-order valence-electron chi connectivity index (χ3n) is 3.16. The van der Waals surface area contributed by atoms with Crippen molar-refractivity contribution in [2.45, 2.75) is 39.7 Å². The summed E-state index contributed by atoms with van der Waals surface area (Å²) in [4.78, 5) is 23.8. The molecule has 0 aromatic carbocycles. The topological polar surface area (TPSA) is 61.8 Å². The molecular weight excluding hydrogens is 236 g/mol. The number of hydrogen-bond donors (Lipinski definition) is 0. The van der Waals surface area contributed by atoms with E-state index in [9.17, 15) is 9.59 Å². The fraction of sp³-hybridized carbons (Fsp3) is 0.846. The van der Waals surface area contributed by atoms with Crippen LogP contribution in [0.4, 0.5) is 0 Å². The summed E-state index contributed by atoms with van der Waals surface area (Å²) in [5.41, 5.74) is 0. The number of carbonyl (C=O) groups excluding carboxylic acids is 2. The Morgan fingerprint density at radius 1 is 1.22 bits per heavy atom. The minimum atomic E-state index is -0.881. The molecule has 0 aliphatic carbocycles. The quantitative estimate of drug-likeness (QED) is 0.534. The third-order valence-corrected chi connectivity index (χ3v) is 3.16. The number of esters is 2. The molecule has 5 nitrogen and oxygen atoms in total. The first-order valence-electron chi connectivity index (χ1n) is 6.56. The summed E-state index contributed by atoms with van der Waals surface area (Å²) in [6, 6.07) is 0. The summed E-state index contributed by atoms with van der Waals surface area (Å²) in [6.45, 7) is 6.48. The van der Waals surface area contributed by atoms with Crippen LogP contribution in [0.25, 0.3) is 0 Å². The maximum Gasteiger partial charge on any atom is 0.320 e. The third kappa shape index (κ3) is 3.70. The minimum Gasteiger partial charge on any atom is -0.465 e. The average Bonchev–Trinajstić information content (AvgIpc) is 2.83. The molecule has 0 unspecified atom stereocenters. The predicted molar refractivity (Wildman–Crippen MR) is 64.9 cm³/mol. The molecule has 0 spiro atoms. The van der Waals surface area contributed by atoms with E-state index in [0.717, 1.165) is 12.8 Å². The van der Waals surface area contributed by atoms with Gasteiger partial charge in [-0.25, -0.2) is 0 Å². The van der Waals surface area contributed by atoms with Crippen molar-refractivity contribution >= 4 is 11.9 Å². The largest absolute Gasteiger partial charge is 0.465 e. The Bertz CT molecular complexity index is 265. The first kappa shape index (κ1) is 15.0. The monoisotopic (exact) mass is 258 g/mol. The number of hydrogen-bond acceptors (Lipinski definition) is 5. The summed E-state index contributed by atoms with van der Waals surface area (Å²) in [5.74, 6) is -2.13. The van der Waals surface area contributed by atoms with E-state index in [1.54, 1.807) is 13.8 Å². The molecule has 1 aliphatic rings. The van der Waals surface area contributed by atoms with Gasteiger partial charge in [0.25, 0.3) is 0 Å². The van der Waals surface area contributed by atoms with E-state index in [1.807, 2.05) is 6.92 Å². The number of carbonyl (C=O) groups is 2. The highest BCUT2D eigenvalue weighted by Crippen LogP contribution is 2.27. The van der Waals surface area contributed by atoms with Crippen molar-refractivity contribution < 1.29 is 23.8 Å². The molecule has 1 rings (SSSR count). The predicted octanol–water partition coefficient (Wildman–Crippen LogP) is 1.54. The van der Waals surface area contributed by atoms with Crippen molar-refractivity contribution in [1.82, 2.24) is 0 Å². The highest BCUT2D eigenvalue weighted by atomic mass is 16.6. The second-order valence-corrected chi connectivity index (χ2v) is 4.39. The molecule has 0 bridgehead atoms. The Morgan fingerprint density at radius 3 is 2.17 bits per heavy atom. The van der Waals surface area contributed by atoms with Crippen LogP contribution in [0.3, 0.4) is 0 Å². The molecule has 0 saturated carbocycles. The Kier molecular flexibility index (Phi) is 6.12. The summed E-state index contributed by atoms with van der Waals surface area (Å²) in [6.07, 6.45) is 1.77. The highest BCUT2D eigenvalue weighted by molar-refractivity contribution is 5.95. The Hall–Kier alpha value is -1.10. The Labute approximate surface area is 108 Å². The molecule has 0 radical (unpaired) electrons. The van der Waals surface area contributed by atoms with E-state index >= 15 is 0 Å². The fourth-order valence-corrected chi connectivity index (χ4v) is 2.22. The molecule has 1 aliphatic heterocycles. The van der Waals surface area contributed by atoms with E-state index in [4.69, 9.17) is 14.2 Å². The van der Waals surface area contributed by atoms with Crippen LogP contribution < -0.4 is 0 Å². The maximum atomic E-state index is 11.9. The fourth-order valence-electron chi connectivity index (χ4n) is 2.22. The normalized spacial score (nSPS) is 20.8. The molecule has 1 saturated heterocycles. The van der Waals surface area contributed by atoms with Crippen molar-refractivity contribution in [3.05, 3.63) is 0 Å². The van der Waals surface area contributed by atoms with Gasteiger partial charge in [-0.2, -0.15) is 0 Å². The van der Waals surface area contributed by atoms with Crippen LogP contribution in [0.5, 0.6) is 0 Å². The molecule has 0 N–H and O–H groups in total. The van der Waals surface area contributed by atoms with Crippen LogP contribution >= 0.6 is 0 Å². The summed E-state index contributed by atoms with van der Waals surface area (Å²) in [7, 11) is 0. The Balaban J connectivity index is 2.74. The highest BCUT2D eigenvalue weighted by Gasteiger charge is 2.40. The summed E-state index contributed by atoms with van der Waals surface area (Å²) >= 11 is 0. The molecule has 104 valence electrons. The summed E-state index contributed by atoms with van der Waals surface area (Å²) in [5, 5.41) is 0. The van der Waals surface area contributed by atoms with Crippen LogP contribution in [0.15, 0.2) is 0 Å². The van der Waals surface area contributed by atoms with Gasteiger partial charge in [-0.15, -0.1) is 0 Å². The smallest absolute Gasteiger partial charge is 0.320 e. The van der Waals surface area contributed by atoms with Crippen molar-refractivity contribution in [2.24, 2.45) is 11.8 Å². The zero-order valence-corrected chi connectivity index (χ0v) is 11.3.